The van der Waals surface area contributed by atoms with E-state index in [4.69, 9.17) is 28.9 Å². The summed E-state index contributed by atoms with van der Waals surface area (Å²) in [7, 11) is -1.81. The Kier molecular flexibility index (Phi) is 8.35. The number of halogens is 3. The van der Waals surface area contributed by atoms with Gasteiger partial charge in [-0.1, -0.05) is 29.3 Å². The van der Waals surface area contributed by atoms with Crippen LogP contribution in [-0.2, 0) is 23.1 Å². The van der Waals surface area contributed by atoms with E-state index in [1.54, 1.807) is 30.0 Å². The van der Waals surface area contributed by atoms with Crippen LogP contribution < -0.4 is 5.73 Å². The summed E-state index contributed by atoms with van der Waals surface area (Å²) in [5.74, 6) is -0.201. The number of carbonyl (C=O) groups is 1. The fourth-order valence-electron chi connectivity index (χ4n) is 3.60. The van der Waals surface area contributed by atoms with Crippen LogP contribution in [0.25, 0.3) is 11.1 Å². The highest BCUT2D eigenvalue weighted by atomic mass is 35.5. The van der Waals surface area contributed by atoms with Crippen molar-refractivity contribution in [2.24, 2.45) is 5.73 Å². The number of benzene rings is 1. The summed E-state index contributed by atoms with van der Waals surface area (Å²) in [6.45, 7) is 4.41. The summed E-state index contributed by atoms with van der Waals surface area (Å²) >= 11 is 12.5. The van der Waals surface area contributed by atoms with Crippen LogP contribution in [0.3, 0.4) is 0 Å². The summed E-state index contributed by atoms with van der Waals surface area (Å²) in [6.07, 6.45) is 0. The highest BCUT2D eigenvalue weighted by molar-refractivity contribution is 7.89. The smallest absolute Gasteiger partial charge is 0.256 e. The Morgan fingerprint density at radius 2 is 1.94 bits per heavy atom. The molecule has 0 saturated carbocycles. The second kappa shape index (κ2) is 10.0. The number of aromatic nitrogens is 1. The summed E-state index contributed by atoms with van der Waals surface area (Å²) in [6, 6.07) is 5.12. The molecule has 1 aliphatic heterocycles. The van der Waals surface area contributed by atoms with E-state index in [9.17, 15) is 13.2 Å². The van der Waals surface area contributed by atoms with Gasteiger partial charge in [-0.15, -0.1) is 12.4 Å². The van der Waals surface area contributed by atoms with Crippen LogP contribution in [0, 0.1) is 6.92 Å². The lowest BCUT2D eigenvalue weighted by molar-refractivity contribution is 0.0773. The average Bonchev–Trinajstić information content (AvgIpc) is 3.00. The van der Waals surface area contributed by atoms with Crippen LogP contribution >= 0.6 is 35.6 Å². The number of hydrogen-bond acceptors (Lipinski definition) is 5. The van der Waals surface area contributed by atoms with Crippen LogP contribution in [0.1, 0.15) is 34.2 Å². The number of aryl methyl sites for hydroxylation is 1. The zero-order chi connectivity index (χ0) is 22.2. The number of likely N-dealkylation sites (N-methyl/N-ethyl adjacent to an activating group) is 1. The molecule has 0 radical (unpaired) electrons. The predicted octanol–water partition coefficient (Wildman–Crippen LogP) is 3.48. The van der Waals surface area contributed by atoms with Crippen LogP contribution in [-0.4, -0.2) is 54.4 Å². The van der Waals surface area contributed by atoms with Gasteiger partial charge < -0.3 is 10.6 Å². The minimum Gasteiger partial charge on any atom is -0.331 e. The number of nitrogens with two attached hydrogens (primary N) is 1. The van der Waals surface area contributed by atoms with Crippen molar-refractivity contribution < 1.29 is 13.2 Å². The van der Waals surface area contributed by atoms with Gasteiger partial charge in [-0.05, 0) is 31.5 Å². The molecule has 1 aromatic carbocycles. The van der Waals surface area contributed by atoms with Gasteiger partial charge in [0.1, 0.15) is 0 Å². The molecule has 31 heavy (non-hydrogen) atoms. The lowest BCUT2D eigenvalue weighted by Gasteiger charge is -2.21. The van der Waals surface area contributed by atoms with Crippen molar-refractivity contribution in [3.05, 3.63) is 50.8 Å². The SMILES string of the molecule is CCS(=O)(=O)N(C)CCN1Cc2nc(C)c(CN)c(-c3ccc(Cl)cc3Cl)c2C1=O.Cl. The fraction of sp³-hybridized carbons (Fsp3) is 0.400. The Morgan fingerprint density at radius 1 is 1.26 bits per heavy atom. The lowest BCUT2D eigenvalue weighted by atomic mass is 9.93. The molecule has 2 aromatic rings. The number of pyridine rings is 1. The molecular weight excluding hydrogens is 483 g/mol. The first kappa shape index (κ1) is 25.8. The third kappa shape index (κ3) is 4.99. The normalized spacial score (nSPS) is 13.5. The van der Waals surface area contributed by atoms with E-state index in [1.165, 1.54) is 11.4 Å². The first-order valence-electron chi connectivity index (χ1n) is 9.51. The van der Waals surface area contributed by atoms with Gasteiger partial charge in [0.15, 0.2) is 0 Å². The van der Waals surface area contributed by atoms with Crippen molar-refractivity contribution in [3.8, 4) is 11.1 Å². The molecule has 11 heteroatoms. The minimum atomic E-state index is -3.32. The largest absolute Gasteiger partial charge is 0.331 e. The Balaban J connectivity index is 0.00000341. The number of nitrogens with zero attached hydrogens (tertiary/aromatic N) is 3. The number of sulfonamides is 1. The molecule has 0 spiro atoms. The van der Waals surface area contributed by atoms with Gasteiger partial charge in [0, 0.05) is 53.5 Å². The molecular formula is C20H25Cl3N4O3S. The molecule has 0 atom stereocenters. The van der Waals surface area contributed by atoms with Crippen molar-refractivity contribution in [3.63, 3.8) is 0 Å². The van der Waals surface area contributed by atoms with Gasteiger partial charge in [0.2, 0.25) is 10.0 Å². The third-order valence-electron chi connectivity index (χ3n) is 5.35. The molecule has 0 unspecified atom stereocenters. The van der Waals surface area contributed by atoms with Crippen LogP contribution in [0.2, 0.25) is 10.0 Å². The summed E-state index contributed by atoms with van der Waals surface area (Å²) in [4.78, 5) is 19.5. The maximum Gasteiger partial charge on any atom is 0.256 e. The van der Waals surface area contributed by atoms with E-state index >= 15 is 0 Å². The maximum absolute atomic E-state index is 13.3. The van der Waals surface area contributed by atoms with Crippen molar-refractivity contribution in [1.29, 1.82) is 0 Å². The van der Waals surface area contributed by atoms with Crippen LogP contribution in [0.5, 0.6) is 0 Å². The molecule has 1 aliphatic rings. The molecule has 0 bridgehead atoms. The van der Waals surface area contributed by atoms with Crippen molar-refractivity contribution in [2.75, 3.05) is 25.9 Å². The molecule has 7 nitrogen and oxygen atoms in total. The molecule has 0 fully saturated rings. The van der Waals surface area contributed by atoms with E-state index in [0.717, 1.165) is 11.3 Å². The van der Waals surface area contributed by atoms with Gasteiger partial charge in [-0.3, -0.25) is 9.78 Å². The van der Waals surface area contributed by atoms with Crippen molar-refractivity contribution >= 4 is 51.5 Å². The molecule has 0 saturated heterocycles. The molecule has 170 valence electrons. The van der Waals surface area contributed by atoms with Gasteiger partial charge in [0.25, 0.3) is 5.91 Å². The van der Waals surface area contributed by atoms with E-state index in [-0.39, 0.29) is 43.7 Å². The lowest BCUT2D eigenvalue weighted by Crippen LogP contribution is -2.37. The predicted molar refractivity (Wildman–Crippen MR) is 126 cm³/mol. The van der Waals surface area contributed by atoms with E-state index in [2.05, 4.69) is 4.98 Å². The zero-order valence-corrected chi connectivity index (χ0v) is 20.6. The number of carbonyl (C=O) groups excluding carboxylic acids is 1. The molecule has 1 amide bonds. The summed E-state index contributed by atoms with van der Waals surface area (Å²) in [5.41, 5.74) is 9.92. The Labute approximate surface area is 199 Å². The van der Waals surface area contributed by atoms with E-state index in [1.807, 2.05) is 6.92 Å². The van der Waals surface area contributed by atoms with Gasteiger partial charge in [0.05, 0.1) is 23.6 Å². The minimum absolute atomic E-state index is 0. The first-order valence-corrected chi connectivity index (χ1v) is 11.9. The molecule has 3 rings (SSSR count). The number of hydrogen-bond donors (Lipinski definition) is 1. The van der Waals surface area contributed by atoms with Crippen molar-refractivity contribution in [1.82, 2.24) is 14.2 Å². The molecule has 2 N–H and O–H groups in total. The highest BCUT2D eigenvalue weighted by Gasteiger charge is 2.34. The van der Waals surface area contributed by atoms with Crippen molar-refractivity contribution in [2.45, 2.75) is 26.9 Å². The molecule has 2 heterocycles. The topological polar surface area (TPSA) is 96.6 Å². The molecule has 1 aromatic heterocycles. The second-order valence-electron chi connectivity index (χ2n) is 7.15. The third-order valence-corrected chi connectivity index (χ3v) is 7.76. The Morgan fingerprint density at radius 3 is 2.52 bits per heavy atom. The second-order valence-corrected chi connectivity index (χ2v) is 10.4. The fourth-order valence-corrected chi connectivity index (χ4v) is 4.90. The monoisotopic (exact) mass is 506 g/mol. The van der Waals surface area contributed by atoms with Crippen LogP contribution in [0.4, 0.5) is 0 Å². The number of amides is 1. The first-order chi connectivity index (χ1) is 14.1. The summed E-state index contributed by atoms with van der Waals surface area (Å²) in [5, 5.41) is 0.915. The summed E-state index contributed by atoms with van der Waals surface area (Å²) < 4.78 is 25.3. The van der Waals surface area contributed by atoms with E-state index in [0.29, 0.717) is 39.0 Å². The average molecular weight is 508 g/mol. The van der Waals surface area contributed by atoms with E-state index < -0.39 is 10.0 Å². The number of fused-ring (bicyclic) bond motifs is 1. The zero-order valence-electron chi connectivity index (χ0n) is 17.5. The van der Waals surface area contributed by atoms with Gasteiger partial charge >= 0.3 is 0 Å². The maximum atomic E-state index is 13.3. The number of rotatable bonds is 7. The standard InChI is InChI=1S/C20H24Cl2N4O3S.ClH/c1-4-30(28,29)25(3)7-8-26-11-17-19(20(26)27)18(15(10-23)12(2)24-17)14-6-5-13(21)9-16(14)22;/h5-6,9H,4,7-8,10-11,23H2,1-3H3;1H. The van der Waals surface area contributed by atoms with Gasteiger partial charge in [-0.25, -0.2) is 12.7 Å². The Hall–Kier alpha value is -1.42. The quantitative estimate of drug-likeness (QED) is 0.619. The highest BCUT2D eigenvalue weighted by Crippen LogP contribution is 2.39. The van der Waals surface area contributed by atoms with Crippen LogP contribution in [0.15, 0.2) is 18.2 Å². The van der Waals surface area contributed by atoms with Gasteiger partial charge in [-0.2, -0.15) is 0 Å². The molecule has 0 aliphatic carbocycles. The Bertz CT molecular complexity index is 1110.